The summed E-state index contributed by atoms with van der Waals surface area (Å²) < 4.78 is 0. The summed E-state index contributed by atoms with van der Waals surface area (Å²) in [5.74, 6) is 0. The lowest BCUT2D eigenvalue weighted by Crippen LogP contribution is -2.50. The first-order valence-electron chi connectivity index (χ1n) is 8.18. The van der Waals surface area contributed by atoms with E-state index in [1.807, 2.05) is 23.1 Å². The van der Waals surface area contributed by atoms with Crippen LogP contribution in [0.1, 0.15) is 11.1 Å². The number of nitrogens with zero attached hydrogens (tertiary/aromatic N) is 2. The van der Waals surface area contributed by atoms with Crippen molar-refractivity contribution in [2.24, 2.45) is 0 Å². The van der Waals surface area contributed by atoms with E-state index in [0.29, 0.717) is 23.8 Å². The van der Waals surface area contributed by atoms with Gasteiger partial charge in [-0.15, -0.1) is 0 Å². The molecule has 3 rings (SSSR count). The minimum atomic E-state index is -0.0933. The van der Waals surface area contributed by atoms with Gasteiger partial charge in [-0.25, -0.2) is 4.79 Å². The number of benzene rings is 2. The molecule has 0 aromatic heterocycles. The topological polar surface area (TPSA) is 35.6 Å². The molecule has 1 aliphatic heterocycles. The molecular formula is C19H22ClN3O. The van der Waals surface area contributed by atoms with Gasteiger partial charge >= 0.3 is 6.03 Å². The normalized spacial score (nSPS) is 14.6. The molecule has 2 amide bonds. The van der Waals surface area contributed by atoms with Crippen molar-refractivity contribution in [3.8, 4) is 0 Å². The average Bonchev–Trinajstić information content (AvgIpc) is 2.57. The lowest BCUT2D eigenvalue weighted by Gasteiger charge is -2.37. The maximum absolute atomic E-state index is 12.4. The van der Waals surface area contributed by atoms with Crippen LogP contribution in [0.5, 0.6) is 0 Å². The van der Waals surface area contributed by atoms with Gasteiger partial charge in [0, 0.05) is 31.9 Å². The number of carbonyl (C=O) groups is 1. The molecule has 0 atom stereocenters. The Morgan fingerprint density at radius 2 is 1.58 bits per heavy atom. The van der Waals surface area contributed by atoms with Crippen LogP contribution in [0.15, 0.2) is 42.5 Å². The monoisotopic (exact) mass is 343 g/mol. The molecule has 5 heteroatoms. The number of anilines is 2. The van der Waals surface area contributed by atoms with Crippen LogP contribution in [0, 0.1) is 13.8 Å². The van der Waals surface area contributed by atoms with Crippen molar-refractivity contribution in [1.82, 2.24) is 4.90 Å². The summed E-state index contributed by atoms with van der Waals surface area (Å²) >= 11 is 6.10. The number of piperazine rings is 1. The Hall–Kier alpha value is -2.20. The van der Waals surface area contributed by atoms with E-state index in [1.54, 1.807) is 6.07 Å². The Labute approximate surface area is 148 Å². The van der Waals surface area contributed by atoms with Crippen LogP contribution in [-0.2, 0) is 0 Å². The number of amides is 2. The predicted octanol–water partition coefficient (Wildman–Crippen LogP) is 4.31. The third-order valence-corrected chi connectivity index (χ3v) is 4.77. The summed E-state index contributed by atoms with van der Waals surface area (Å²) in [6.45, 7) is 7.34. The van der Waals surface area contributed by atoms with Crippen molar-refractivity contribution in [2.75, 3.05) is 36.4 Å². The fourth-order valence-corrected chi connectivity index (χ4v) is 3.38. The van der Waals surface area contributed by atoms with Crippen molar-refractivity contribution < 1.29 is 4.79 Å². The highest BCUT2D eigenvalue weighted by molar-refractivity contribution is 6.33. The molecule has 0 saturated carbocycles. The van der Waals surface area contributed by atoms with Crippen molar-refractivity contribution in [3.63, 3.8) is 0 Å². The molecule has 4 nitrogen and oxygen atoms in total. The summed E-state index contributed by atoms with van der Waals surface area (Å²) in [4.78, 5) is 16.6. The van der Waals surface area contributed by atoms with Crippen LogP contribution in [-0.4, -0.2) is 37.1 Å². The number of carbonyl (C=O) groups excluding carboxylic acids is 1. The van der Waals surface area contributed by atoms with Gasteiger partial charge in [-0.1, -0.05) is 41.9 Å². The molecule has 0 spiro atoms. The number of nitrogens with one attached hydrogen (secondary N) is 1. The lowest BCUT2D eigenvalue weighted by atomic mass is 10.1. The standard InChI is InChI=1S/C19H22ClN3O/c1-14-6-5-7-15(2)18(14)22-10-12-23(13-11-22)19(24)21-17-9-4-3-8-16(17)20/h3-9H,10-13H2,1-2H3,(H,21,24). The third-order valence-electron chi connectivity index (χ3n) is 4.44. The first-order valence-corrected chi connectivity index (χ1v) is 8.55. The van der Waals surface area contributed by atoms with Gasteiger partial charge in [0.15, 0.2) is 0 Å². The Kier molecular flexibility index (Phi) is 4.95. The summed E-state index contributed by atoms with van der Waals surface area (Å²) in [6.07, 6.45) is 0. The van der Waals surface area contributed by atoms with Crippen LogP contribution < -0.4 is 10.2 Å². The van der Waals surface area contributed by atoms with E-state index >= 15 is 0 Å². The molecule has 0 aliphatic carbocycles. The van der Waals surface area contributed by atoms with E-state index in [9.17, 15) is 4.79 Å². The lowest BCUT2D eigenvalue weighted by molar-refractivity contribution is 0.208. The Balaban J connectivity index is 1.63. The third kappa shape index (κ3) is 3.49. The summed E-state index contributed by atoms with van der Waals surface area (Å²) in [5.41, 5.74) is 4.51. The summed E-state index contributed by atoms with van der Waals surface area (Å²) in [7, 11) is 0. The van der Waals surface area contributed by atoms with Gasteiger partial charge in [-0.2, -0.15) is 0 Å². The van der Waals surface area contributed by atoms with Gasteiger partial charge in [-0.3, -0.25) is 0 Å². The van der Waals surface area contributed by atoms with Crippen molar-refractivity contribution in [3.05, 3.63) is 58.6 Å². The Bertz CT molecular complexity index is 719. The van der Waals surface area contributed by atoms with E-state index in [-0.39, 0.29) is 6.03 Å². The molecule has 1 saturated heterocycles. The first-order chi connectivity index (χ1) is 11.6. The van der Waals surface area contributed by atoms with E-state index in [1.165, 1.54) is 16.8 Å². The second-order valence-corrected chi connectivity index (χ2v) is 6.53. The molecule has 0 radical (unpaired) electrons. The number of hydrogen-bond acceptors (Lipinski definition) is 2. The first kappa shape index (κ1) is 16.7. The SMILES string of the molecule is Cc1cccc(C)c1N1CCN(C(=O)Nc2ccccc2Cl)CC1. The zero-order valence-corrected chi connectivity index (χ0v) is 14.8. The number of urea groups is 1. The van der Waals surface area contributed by atoms with Crippen molar-refractivity contribution in [1.29, 1.82) is 0 Å². The molecule has 126 valence electrons. The number of halogens is 1. The van der Waals surface area contributed by atoms with E-state index in [4.69, 9.17) is 11.6 Å². The van der Waals surface area contributed by atoms with Gasteiger partial charge in [0.25, 0.3) is 0 Å². The molecule has 2 aromatic rings. The number of para-hydroxylation sites is 2. The van der Waals surface area contributed by atoms with Crippen molar-refractivity contribution >= 4 is 29.0 Å². The molecule has 2 aromatic carbocycles. The van der Waals surface area contributed by atoms with Gasteiger partial charge in [-0.05, 0) is 37.1 Å². The van der Waals surface area contributed by atoms with Crippen molar-refractivity contribution in [2.45, 2.75) is 13.8 Å². The predicted molar refractivity (Wildman–Crippen MR) is 100 cm³/mol. The average molecular weight is 344 g/mol. The second-order valence-electron chi connectivity index (χ2n) is 6.12. The smallest absolute Gasteiger partial charge is 0.322 e. The fourth-order valence-electron chi connectivity index (χ4n) is 3.19. The second kappa shape index (κ2) is 7.14. The fraction of sp³-hybridized carbons (Fsp3) is 0.316. The minimum Gasteiger partial charge on any atom is -0.368 e. The van der Waals surface area contributed by atoms with Gasteiger partial charge < -0.3 is 15.1 Å². The van der Waals surface area contributed by atoms with Crippen LogP contribution in [0.25, 0.3) is 0 Å². The highest BCUT2D eigenvalue weighted by Gasteiger charge is 2.23. The van der Waals surface area contributed by atoms with Crippen LogP contribution in [0.4, 0.5) is 16.2 Å². The quantitative estimate of drug-likeness (QED) is 0.881. The van der Waals surface area contributed by atoms with E-state index < -0.39 is 0 Å². The molecule has 0 bridgehead atoms. The van der Waals surface area contributed by atoms with Gasteiger partial charge in [0.05, 0.1) is 10.7 Å². The molecule has 1 N–H and O–H groups in total. The number of aryl methyl sites for hydroxylation is 2. The Morgan fingerprint density at radius 1 is 0.958 bits per heavy atom. The number of hydrogen-bond donors (Lipinski definition) is 1. The maximum Gasteiger partial charge on any atom is 0.322 e. The van der Waals surface area contributed by atoms with Crippen LogP contribution in [0.2, 0.25) is 5.02 Å². The molecule has 24 heavy (non-hydrogen) atoms. The zero-order chi connectivity index (χ0) is 17.1. The minimum absolute atomic E-state index is 0.0933. The maximum atomic E-state index is 12.4. The van der Waals surface area contributed by atoms with Crippen LogP contribution >= 0.6 is 11.6 Å². The molecule has 0 unspecified atom stereocenters. The molecular weight excluding hydrogens is 322 g/mol. The number of rotatable bonds is 2. The highest BCUT2D eigenvalue weighted by atomic mass is 35.5. The van der Waals surface area contributed by atoms with Gasteiger partial charge in [0.1, 0.15) is 0 Å². The van der Waals surface area contributed by atoms with E-state index in [0.717, 1.165) is 13.1 Å². The zero-order valence-electron chi connectivity index (χ0n) is 14.1. The summed E-state index contributed by atoms with van der Waals surface area (Å²) in [6, 6.07) is 13.6. The van der Waals surface area contributed by atoms with E-state index in [2.05, 4.69) is 42.3 Å². The molecule has 1 heterocycles. The summed E-state index contributed by atoms with van der Waals surface area (Å²) in [5, 5.41) is 3.45. The largest absolute Gasteiger partial charge is 0.368 e. The highest BCUT2D eigenvalue weighted by Crippen LogP contribution is 2.26. The molecule has 1 fully saturated rings. The van der Waals surface area contributed by atoms with Gasteiger partial charge in [0.2, 0.25) is 0 Å². The molecule has 1 aliphatic rings. The Morgan fingerprint density at radius 3 is 2.21 bits per heavy atom. The van der Waals surface area contributed by atoms with Crippen LogP contribution in [0.3, 0.4) is 0 Å².